The van der Waals surface area contributed by atoms with E-state index in [2.05, 4.69) is 20.7 Å². The smallest absolute Gasteiger partial charge is 0.145 e. The molecule has 1 unspecified atom stereocenters. The third-order valence-corrected chi connectivity index (χ3v) is 2.94. The van der Waals surface area contributed by atoms with Crippen molar-refractivity contribution in [3.05, 3.63) is 11.9 Å². The first kappa shape index (κ1) is 13.0. The van der Waals surface area contributed by atoms with E-state index in [1.54, 1.807) is 13.0 Å². The number of aliphatic hydroxyl groups is 1. The van der Waals surface area contributed by atoms with Gasteiger partial charge < -0.3 is 15.8 Å². The molecule has 0 spiro atoms. The summed E-state index contributed by atoms with van der Waals surface area (Å²) in [5.74, 6) is 8.20. The fourth-order valence-electron chi connectivity index (χ4n) is 1.77. The summed E-state index contributed by atoms with van der Waals surface area (Å²) in [5, 5.41) is 12.4. The molecular weight excluding hydrogens is 230 g/mol. The highest BCUT2D eigenvalue weighted by atomic mass is 16.3. The van der Waals surface area contributed by atoms with Crippen LogP contribution in [0.25, 0.3) is 0 Å². The number of hydrazine groups is 1. The largest absolute Gasteiger partial charge is 0.393 e. The molecule has 100 valence electrons. The van der Waals surface area contributed by atoms with Gasteiger partial charge in [0.1, 0.15) is 17.5 Å². The average molecular weight is 251 g/mol. The van der Waals surface area contributed by atoms with Gasteiger partial charge in [-0.2, -0.15) is 0 Å². The molecule has 1 atom stereocenters. The molecule has 0 aliphatic heterocycles. The van der Waals surface area contributed by atoms with Gasteiger partial charge in [0, 0.05) is 18.5 Å². The minimum atomic E-state index is -0.250. The molecule has 18 heavy (non-hydrogen) atoms. The van der Waals surface area contributed by atoms with Crippen molar-refractivity contribution in [1.82, 2.24) is 9.97 Å². The molecular formula is C12H21N5O. The highest BCUT2D eigenvalue weighted by Crippen LogP contribution is 2.38. The molecule has 1 fully saturated rings. The number of nitrogens with one attached hydrogen (secondary N) is 2. The number of hydrogen-bond acceptors (Lipinski definition) is 6. The molecule has 1 aliphatic carbocycles. The van der Waals surface area contributed by atoms with Gasteiger partial charge in [-0.05, 0) is 32.6 Å². The summed E-state index contributed by atoms with van der Waals surface area (Å²) in [7, 11) is 0. The van der Waals surface area contributed by atoms with Crippen molar-refractivity contribution >= 4 is 11.6 Å². The molecule has 0 aromatic carbocycles. The van der Waals surface area contributed by atoms with Gasteiger partial charge in [0.2, 0.25) is 0 Å². The van der Waals surface area contributed by atoms with Crippen LogP contribution < -0.4 is 16.6 Å². The molecule has 0 bridgehead atoms. The second-order valence-corrected chi connectivity index (χ2v) is 4.83. The lowest BCUT2D eigenvalue weighted by molar-refractivity contribution is 0.183. The fraction of sp³-hybridized carbons (Fsp3) is 0.667. The zero-order valence-electron chi connectivity index (χ0n) is 10.7. The second-order valence-electron chi connectivity index (χ2n) is 4.83. The predicted octanol–water partition coefficient (Wildman–Crippen LogP) is 1.21. The molecule has 0 amide bonds. The van der Waals surface area contributed by atoms with Crippen molar-refractivity contribution in [1.29, 1.82) is 0 Å². The maximum absolute atomic E-state index is 9.18. The minimum Gasteiger partial charge on any atom is -0.393 e. The summed E-state index contributed by atoms with van der Waals surface area (Å²) in [6.45, 7) is 2.59. The molecule has 6 heteroatoms. The van der Waals surface area contributed by atoms with Crippen molar-refractivity contribution in [2.24, 2.45) is 5.84 Å². The van der Waals surface area contributed by atoms with Crippen LogP contribution in [0.15, 0.2) is 6.07 Å². The first-order chi connectivity index (χ1) is 8.69. The van der Waals surface area contributed by atoms with E-state index in [4.69, 9.17) is 5.84 Å². The van der Waals surface area contributed by atoms with Crippen LogP contribution in [0.5, 0.6) is 0 Å². The van der Waals surface area contributed by atoms with E-state index < -0.39 is 0 Å². The summed E-state index contributed by atoms with van der Waals surface area (Å²) >= 11 is 0. The van der Waals surface area contributed by atoms with Crippen LogP contribution in [-0.4, -0.2) is 27.7 Å². The highest BCUT2D eigenvalue weighted by molar-refractivity contribution is 5.47. The van der Waals surface area contributed by atoms with E-state index in [0.717, 1.165) is 43.9 Å². The van der Waals surface area contributed by atoms with Crippen LogP contribution in [-0.2, 0) is 0 Å². The lowest BCUT2D eigenvalue weighted by Crippen LogP contribution is -2.13. The number of aromatic nitrogens is 2. The summed E-state index contributed by atoms with van der Waals surface area (Å²) < 4.78 is 0. The van der Waals surface area contributed by atoms with Gasteiger partial charge in [-0.3, -0.25) is 0 Å². The summed E-state index contributed by atoms with van der Waals surface area (Å²) in [4.78, 5) is 8.82. The van der Waals surface area contributed by atoms with Crippen LogP contribution in [0, 0.1) is 0 Å². The van der Waals surface area contributed by atoms with E-state index >= 15 is 0 Å². The van der Waals surface area contributed by atoms with E-state index in [9.17, 15) is 5.11 Å². The number of nitrogen functional groups attached to an aromatic ring is 1. The first-order valence-electron chi connectivity index (χ1n) is 6.46. The van der Waals surface area contributed by atoms with Crippen LogP contribution in [0.3, 0.4) is 0 Å². The first-order valence-corrected chi connectivity index (χ1v) is 6.46. The number of aliphatic hydroxyl groups excluding tert-OH is 1. The van der Waals surface area contributed by atoms with E-state index in [1.165, 1.54) is 0 Å². The van der Waals surface area contributed by atoms with E-state index in [1.807, 2.05) is 0 Å². The summed E-state index contributed by atoms with van der Waals surface area (Å²) in [6.07, 6.45) is 3.77. The van der Waals surface area contributed by atoms with Gasteiger partial charge in [0.25, 0.3) is 0 Å². The van der Waals surface area contributed by atoms with Crippen molar-refractivity contribution in [3.63, 3.8) is 0 Å². The molecule has 1 aromatic rings. The van der Waals surface area contributed by atoms with Crippen LogP contribution in [0.4, 0.5) is 11.6 Å². The molecule has 1 aromatic heterocycles. The average Bonchev–Trinajstić information content (AvgIpc) is 3.18. The molecule has 0 radical (unpaired) electrons. The predicted molar refractivity (Wildman–Crippen MR) is 71.2 cm³/mol. The second kappa shape index (κ2) is 5.97. The van der Waals surface area contributed by atoms with Crippen molar-refractivity contribution in [2.45, 2.75) is 44.6 Å². The Morgan fingerprint density at radius 3 is 2.78 bits per heavy atom. The Balaban J connectivity index is 1.92. The van der Waals surface area contributed by atoms with E-state index in [-0.39, 0.29) is 6.10 Å². The summed E-state index contributed by atoms with van der Waals surface area (Å²) in [5.41, 5.74) is 2.57. The van der Waals surface area contributed by atoms with Gasteiger partial charge in [-0.25, -0.2) is 15.8 Å². The fourth-order valence-corrected chi connectivity index (χ4v) is 1.77. The lowest BCUT2D eigenvalue weighted by Gasteiger charge is -2.10. The number of nitrogens with zero attached hydrogens (tertiary/aromatic N) is 2. The third kappa shape index (κ3) is 3.82. The Bertz CT molecular complexity index is 392. The van der Waals surface area contributed by atoms with Gasteiger partial charge in [0.15, 0.2) is 0 Å². The number of rotatable bonds is 7. The third-order valence-electron chi connectivity index (χ3n) is 2.94. The maximum atomic E-state index is 9.18. The Labute approximate surface area is 107 Å². The van der Waals surface area contributed by atoms with Crippen molar-refractivity contribution < 1.29 is 5.11 Å². The Hall–Kier alpha value is -1.40. The summed E-state index contributed by atoms with van der Waals surface area (Å²) in [6, 6.07) is 1.80. The Kier molecular flexibility index (Phi) is 4.33. The van der Waals surface area contributed by atoms with Gasteiger partial charge in [-0.1, -0.05) is 0 Å². The topological polar surface area (TPSA) is 96.1 Å². The highest BCUT2D eigenvalue weighted by Gasteiger charge is 2.27. The molecule has 1 heterocycles. The monoisotopic (exact) mass is 251 g/mol. The Morgan fingerprint density at radius 2 is 2.17 bits per heavy atom. The Morgan fingerprint density at radius 1 is 1.44 bits per heavy atom. The lowest BCUT2D eigenvalue weighted by atomic mass is 10.2. The molecule has 1 aliphatic rings. The van der Waals surface area contributed by atoms with E-state index in [0.29, 0.717) is 11.7 Å². The molecule has 2 rings (SSSR count). The molecule has 5 N–H and O–H groups in total. The van der Waals surface area contributed by atoms with Crippen LogP contribution in [0.2, 0.25) is 0 Å². The van der Waals surface area contributed by atoms with Gasteiger partial charge in [0.05, 0.1) is 6.10 Å². The van der Waals surface area contributed by atoms with Gasteiger partial charge in [-0.15, -0.1) is 0 Å². The number of nitrogens with two attached hydrogens (primary N) is 1. The molecule has 1 saturated carbocycles. The SMILES string of the molecule is CC(O)CCCNc1cc(NN)nc(C2CC2)n1. The standard InChI is InChI=1S/C12H21N5O/c1-8(18)3-2-6-14-10-7-11(17-13)16-12(15-10)9-4-5-9/h7-9,18H,2-6,13H2,1H3,(H2,14,15,16,17). The molecule has 6 nitrogen and oxygen atoms in total. The van der Waals surface area contributed by atoms with Crippen LogP contribution in [0.1, 0.15) is 44.3 Å². The van der Waals surface area contributed by atoms with Crippen LogP contribution >= 0.6 is 0 Å². The quantitative estimate of drug-likeness (QED) is 0.330. The maximum Gasteiger partial charge on any atom is 0.145 e. The van der Waals surface area contributed by atoms with Crippen molar-refractivity contribution in [2.75, 3.05) is 17.3 Å². The number of anilines is 2. The number of hydrogen-bond donors (Lipinski definition) is 4. The zero-order valence-corrected chi connectivity index (χ0v) is 10.7. The molecule has 0 saturated heterocycles. The normalized spacial score (nSPS) is 16.4. The van der Waals surface area contributed by atoms with Crippen molar-refractivity contribution in [3.8, 4) is 0 Å². The zero-order chi connectivity index (χ0) is 13.0. The van der Waals surface area contributed by atoms with Gasteiger partial charge >= 0.3 is 0 Å². The minimum absolute atomic E-state index is 0.250.